The molecule has 1 aromatic heterocycles. The molecule has 3 heterocycles. The zero-order valence-electron chi connectivity index (χ0n) is 19.5. The molecule has 2 fully saturated rings. The SMILES string of the molecule is O=c1c2cc(OCCN3CCCCC3)ccc2[nH]c2ccc(OCCN3CCCCC3)cc12. The Hall–Kier alpha value is -2.57. The molecule has 1 N–H and O–H groups in total. The van der Waals surface area contributed by atoms with Crippen LogP contribution in [0.15, 0.2) is 41.2 Å². The number of piperidine rings is 2. The van der Waals surface area contributed by atoms with E-state index in [0.717, 1.165) is 61.8 Å². The number of nitrogens with one attached hydrogen (secondary N) is 1. The lowest BCUT2D eigenvalue weighted by atomic mass is 10.1. The number of H-pyrrole nitrogens is 1. The molecule has 5 rings (SSSR count). The number of hydrogen-bond donors (Lipinski definition) is 1. The summed E-state index contributed by atoms with van der Waals surface area (Å²) >= 11 is 0. The summed E-state index contributed by atoms with van der Waals surface area (Å²) in [4.78, 5) is 21.6. The molecule has 0 unspecified atom stereocenters. The van der Waals surface area contributed by atoms with Crippen molar-refractivity contribution in [2.75, 3.05) is 52.5 Å². The Kier molecular flexibility index (Phi) is 7.12. The normalized spacial score (nSPS) is 18.1. The molecule has 0 spiro atoms. The summed E-state index contributed by atoms with van der Waals surface area (Å²) in [6, 6.07) is 11.5. The third-order valence-electron chi connectivity index (χ3n) is 6.99. The highest BCUT2D eigenvalue weighted by molar-refractivity contribution is 5.93. The topological polar surface area (TPSA) is 57.8 Å². The Morgan fingerprint density at radius 3 is 1.58 bits per heavy atom. The van der Waals surface area contributed by atoms with Gasteiger partial charge < -0.3 is 14.5 Å². The summed E-state index contributed by atoms with van der Waals surface area (Å²) in [6.45, 7) is 7.81. The van der Waals surface area contributed by atoms with E-state index in [2.05, 4.69) is 14.8 Å². The zero-order valence-corrected chi connectivity index (χ0v) is 19.5. The maximum Gasteiger partial charge on any atom is 0.197 e. The lowest BCUT2D eigenvalue weighted by Gasteiger charge is -2.26. The van der Waals surface area contributed by atoms with Crippen molar-refractivity contribution in [1.29, 1.82) is 0 Å². The predicted molar refractivity (Wildman–Crippen MR) is 134 cm³/mol. The van der Waals surface area contributed by atoms with Crippen LogP contribution >= 0.6 is 0 Å². The van der Waals surface area contributed by atoms with Crippen LogP contribution in [0, 0.1) is 0 Å². The van der Waals surface area contributed by atoms with E-state index in [1.807, 2.05) is 36.4 Å². The van der Waals surface area contributed by atoms with E-state index in [9.17, 15) is 4.79 Å². The fourth-order valence-corrected chi connectivity index (χ4v) is 5.06. The number of benzene rings is 2. The molecular weight excluding hydrogens is 414 g/mol. The standard InChI is InChI=1S/C27H35N3O3/c31-27-23-19-21(32-17-15-29-11-3-1-4-12-29)7-9-25(23)28-26-10-8-22(20-24(26)27)33-18-16-30-13-5-2-6-14-30/h7-10,19-20H,1-6,11-18H2,(H,28,31). The van der Waals surface area contributed by atoms with Crippen molar-refractivity contribution in [1.82, 2.24) is 14.8 Å². The fourth-order valence-electron chi connectivity index (χ4n) is 5.06. The summed E-state index contributed by atoms with van der Waals surface area (Å²) in [6.07, 6.45) is 7.80. The number of likely N-dealkylation sites (tertiary alicyclic amines) is 2. The molecule has 2 aromatic carbocycles. The van der Waals surface area contributed by atoms with Crippen molar-refractivity contribution in [3.05, 3.63) is 46.6 Å². The van der Waals surface area contributed by atoms with Crippen LogP contribution in [0.25, 0.3) is 21.8 Å². The van der Waals surface area contributed by atoms with Crippen molar-refractivity contribution in [2.45, 2.75) is 38.5 Å². The van der Waals surface area contributed by atoms with Crippen LogP contribution in [0.2, 0.25) is 0 Å². The monoisotopic (exact) mass is 449 g/mol. The van der Waals surface area contributed by atoms with Crippen molar-refractivity contribution in [3.63, 3.8) is 0 Å². The molecule has 0 aliphatic carbocycles. The molecule has 2 aliphatic heterocycles. The van der Waals surface area contributed by atoms with Gasteiger partial charge in [-0.15, -0.1) is 0 Å². The molecule has 0 saturated carbocycles. The Balaban J connectivity index is 1.27. The summed E-state index contributed by atoms with van der Waals surface area (Å²) in [5.41, 5.74) is 1.67. The second-order valence-electron chi connectivity index (χ2n) is 9.37. The van der Waals surface area contributed by atoms with Crippen molar-refractivity contribution in [3.8, 4) is 11.5 Å². The van der Waals surface area contributed by atoms with Gasteiger partial charge in [-0.25, -0.2) is 0 Å². The van der Waals surface area contributed by atoms with Crippen molar-refractivity contribution in [2.24, 2.45) is 0 Å². The molecule has 33 heavy (non-hydrogen) atoms. The first-order valence-corrected chi connectivity index (χ1v) is 12.6. The number of pyridine rings is 1. The van der Waals surface area contributed by atoms with Crippen LogP contribution in [0.1, 0.15) is 38.5 Å². The Labute approximate surface area is 195 Å². The van der Waals surface area contributed by atoms with Gasteiger partial charge in [0.05, 0.1) is 11.0 Å². The van der Waals surface area contributed by atoms with Crippen LogP contribution in [0.5, 0.6) is 11.5 Å². The first-order valence-electron chi connectivity index (χ1n) is 12.6. The number of nitrogens with zero attached hydrogens (tertiary/aromatic N) is 2. The van der Waals surface area contributed by atoms with Gasteiger partial charge in [-0.2, -0.15) is 0 Å². The second kappa shape index (κ2) is 10.6. The number of aromatic amines is 1. The maximum absolute atomic E-state index is 13.3. The molecule has 0 atom stereocenters. The predicted octanol–water partition coefficient (Wildman–Crippen LogP) is 4.41. The van der Waals surface area contributed by atoms with Gasteiger partial charge in [-0.1, -0.05) is 12.8 Å². The van der Waals surface area contributed by atoms with E-state index in [-0.39, 0.29) is 5.43 Å². The summed E-state index contributed by atoms with van der Waals surface area (Å²) in [7, 11) is 0. The number of rotatable bonds is 8. The van der Waals surface area contributed by atoms with E-state index in [1.54, 1.807) is 0 Å². The van der Waals surface area contributed by atoms with Gasteiger partial charge in [-0.3, -0.25) is 14.6 Å². The minimum Gasteiger partial charge on any atom is -0.492 e. The lowest BCUT2D eigenvalue weighted by Crippen LogP contribution is -2.33. The zero-order chi connectivity index (χ0) is 22.5. The lowest BCUT2D eigenvalue weighted by molar-refractivity contribution is 0.183. The number of hydrogen-bond acceptors (Lipinski definition) is 5. The van der Waals surface area contributed by atoms with Crippen LogP contribution in [-0.4, -0.2) is 67.3 Å². The molecule has 6 heteroatoms. The maximum atomic E-state index is 13.3. The van der Waals surface area contributed by atoms with Crippen molar-refractivity contribution >= 4 is 21.8 Å². The first kappa shape index (κ1) is 22.2. The van der Waals surface area contributed by atoms with Gasteiger partial charge in [0.25, 0.3) is 0 Å². The van der Waals surface area contributed by atoms with Gasteiger partial charge in [0.1, 0.15) is 24.7 Å². The molecule has 2 aliphatic rings. The molecule has 3 aromatic rings. The first-order chi connectivity index (χ1) is 16.3. The van der Waals surface area contributed by atoms with Gasteiger partial charge in [0.15, 0.2) is 5.43 Å². The molecule has 2 saturated heterocycles. The van der Waals surface area contributed by atoms with Crippen LogP contribution in [-0.2, 0) is 0 Å². The quantitative estimate of drug-likeness (QED) is 0.516. The Bertz CT molecular complexity index is 1050. The molecule has 0 bridgehead atoms. The number of fused-ring (bicyclic) bond motifs is 2. The third-order valence-corrected chi connectivity index (χ3v) is 6.99. The van der Waals surface area contributed by atoms with E-state index in [0.29, 0.717) is 24.0 Å². The minimum atomic E-state index is 0.0155. The highest BCUT2D eigenvalue weighted by atomic mass is 16.5. The Morgan fingerprint density at radius 2 is 1.12 bits per heavy atom. The van der Waals surface area contributed by atoms with Crippen LogP contribution < -0.4 is 14.9 Å². The summed E-state index contributed by atoms with van der Waals surface area (Å²) in [5.74, 6) is 1.50. The summed E-state index contributed by atoms with van der Waals surface area (Å²) < 4.78 is 12.0. The second-order valence-corrected chi connectivity index (χ2v) is 9.37. The number of ether oxygens (including phenoxy) is 2. The van der Waals surface area contributed by atoms with E-state index in [4.69, 9.17) is 9.47 Å². The van der Waals surface area contributed by atoms with E-state index < -0.39 is 0 Å². The van der Waals surface area contributed by atoms with E-state index >= 15 is 0 Å². The number of aromatic nitrogens is 1. The van der Waals surface area contributed by atoms with Gasteiger partial charge in [0, 0.05) is 23.9 Å². The van der Waals surface area contributed by atoms with Crippen LogP contribution in [0.4, 0.5) is 0 Å². The minimum absolute atomic E-state index is 0.0155. The average molecular weight is 450 g/mol. The van der Waals surface area contributed by atoms with Gasteiger partial charge in [-0.05, 0) is 88.3 Å². The van der Waals surface area contributed by atoms with Gasteiger partial charge in [0.2, 0.25) is 0 Å². The molecule has 0 radical (unpaired) electrons. The van der Waals surface area contributed by atoms with Gasteiger partial charge >= 0.3 is 0 Å². The average Bonchev–Trinajstić information content (AvgIpc) is 2.86. The molecule has 6 nitrogen and oxygen atoms in total. The summed E-state index contributed by atoms with van der Waals surface area (Å²) in [5, 5.41) is 1.31. The highest BCUT2D eigenvalue weighted by Gasteiger charge is 2.12. The molecular formula is C27H35N3O3. The molecule has 176 valence electrons. The smallest absolute Gasteiger partial charge is 0.197 e. The third kappa shape index (κ3) is 5.50. The molecule has 0 amide bonds. The Morgan fingerprint density at radius 1 is 0.667 bits per heavy atom. The largest absolute Gasteiger partial charge is 0.492 e. The fraction of sp³-hybridized carbons (Fsp3) is 0.519. The highest BCUT2D eigenvalue weighted by Crippen LogP contribution is 2.23. The van der Waals surface area contributed by atoms with Crippen molar-refractivity contribution < 1.29 is 9.47 Å². The van der Waals surface area contributed by atoms with E-state index in [1.165, 1.54) is 38.5 Å². The van der Waals surface area contributed by atoms with Crippen LogP contribution in [0.3, 0.4) is 0 Å².